The van der Waals surface area contributed by atoms with Crippen LogP contribution in [0.25, 0.3) is 11.2 Å². The Hall–Kier alpha value is -2.28. The maximum atomic E-state index is 14.2. The van der Waals surface area contributed by atoms with Gasteiger partial charge in [-0.05, 0) is 37.3 Å². The lowest BCUT2D eigenvalue weighted by Crippen LogP contribution is -2.39. The first kappa shape index (κ1) is 18.1. The number of halogens is 2. The van der Waals surface area contributed by atoms with Gasteiger partial charge in [-0.15, -0.1) is 5.10 Å². The summed E-state index contributed by atoms with van der Waals surface area (Å²) in [5.74, 6) is 2.27. The Bertz CT molecular complexity index is 957. The van der Waals surface area contributed by atoms with Crippen molar-refractivity contribution >= 4 is 28.6 Å². The fourth-order valence-electron chi connectivity index (χ4n) is 3.94. The van der Waals surface area contributed by atoms with Crippen LogP contribution in [-0.4, -0.2) is 38.1 Å². The van der Waals surface area contributed by atoms with E-state index in [-0.39, 0.29) is 12.4 Å². The van der Waals surface area contributed by atoms with Crippen molar-refractivity contribution in [3.63, 3.8) is 0 Å². The number of aryl methyl sites for hydroxylation is 1. The van der Waals surface area contributed by atoms with Crippen LogP contribution in [0, 0.1) is 24.6 Å². The zero-order valence-corrected chi connectivity index (χ0v) is 16.4. The maximum absolute atomic E-state index is 14.2. The average molecular weight is 389 g/mol. The first-order valence-electron chi connectivity index (χ1n) is 9.18. The molecule has 8 heteroatoms. The molecule has 1 aliphatic rings. The molecule has 1 saturated heterocycles. The number of hydrogen-bond donors (Lipinski definition) is 0. The fourth-order valence-corrected chi connectivity index (χ4v) is 4.17. The molecule has 1 aliphatic heterocycles. The van der Waals surface area contributed by atoms with Gasteiger partial charge >= 0.3 is 0 Å². The van der Waals surface area contributed by atoms with Crippen molar-refractivity contribution in [1.82, 2.24) is 25.0 Å². The predicted octanol–water partition coefficient (Wildman–Crippen LogP) is 3.85. The minimum Gasteiger partial charge on any atom is -0.354 e. The minimum atomic E-state index is -0.365. The highest BCUT2D eigenvalue weighted by Gasteiger charge is 2.26. The van der Waals surface area contributed by atoms with Gasteiger partial charge in [0.2, 0.25) is 0 Å². The minimum absolute atomic E-state index is 0.171. The Morgan fingerprint density at radius 1 is 1.19 bits per heavy atom. The molecule has 0 aliphatic carbocycles. The van der Waals surface area contributed by atoms with Crippen molar-refractivity contribution in [2.75, 3.05) is 18.0 Å². The lowest BCUT2D eigenvalue weighted by molar-refractivity contribution is 0.355. The van der Waals surface area contributed by atoms with Crippen LogP contribution < -0.4 is 4.90 Å². The molecular formula is C19H22ClFN6. The summed E-state index contributed by atoms with van der Waals surface area (Å²) in [6.07, 6.45) is 1.21. The van der Waals surface area contributed by atoms with E-state index < -0.39 is 0 Å². The van der Waals surface area contributed by atoms with E-state index in [1.54, 1.807) is 16.8 Å². The summed E-state index contributed by atoms with van der Waals surface area (Å²) in [5, 5.41) is 8.91. The van der Waals surface area contributed by atoms with E-state index in [9.17, 15) is 4.39 Å². The predicted molar refractivity (Wildman–Crippen MR) is 104 cm³/mol. The van der Waals surface area contributed by atoms with Gasteiger partial charge in [0.15, 0.2) is 17.0 Å². The summed E-state index contributed by atoms with van der Waals surface area (Å²) in [6.45, 7) is 8.40. The molecule has 27 heavy (non-hydrogen) atoms. The second-order valence-corrected chi connectivity index (χ2v) is 7.97. The number of aromatic nitrogens is 5. The summed E-state index contributed by atoms with van der Waals surface area (Å²) in [4.78, 5) is 11.4. The van der Waals surface area contributed by atoms with Crippen LogP contribution in [-0.2, 0) is 6.54 Å². The highest BCUT2D eigenvalue weighted by atomic mass is 35.5. The third-order valence-corrected chi connectivity index (χ3v) is 5.35. The molecule has 3 heterocycles. The smallest absolute Gasteiger partial charge is 0.184 e. The quantitative estimate of drug-likeness (QED) is 0.682. The average Bonchev–Trinajstić information content (AvgIpc) is 2.99. The topological polar surface area (TPSA) is 59.7 Å². The molecule has 0 unspecified atom stereocenters. The number of rotatable bonds is 3. The third kappa shape index (κ3) is 3.48. The zero-order valence-electron chi connectivity index (χ0n) is 15.7. The molecule has 0 amide bonds. The normalized spacial score (nSPS) is 20.4. The highest BCUT2D eigenvalue weighted by Crippen LogP contribution is 2.29. The van der Waals surface area contributed by atoms with Crippen LogP contribution in [0.4, 0.5) is 10.2 Å². The van der Waals surface area contributed by atoms with Crippen LogP contribution in [0.3, 0.4) is 0 Å². The number of hydrogen-bond acceptors (Lipinski definition) is 5. The van der Waals surface area contributed by atoms with Crippen molar-refractivity contribution < 1.29 is 4.39 Å². The Morgan fingerprint density at radius 3 is 2.63 bits per heavy atom. The molecule has 0 saturated carbocycles. The van der Waals surface area contributed by atoms with E-state index in [0.29, 0.717) is 39.4 Å². The van der Waals surface area contributed by atoms with E-state index in [1.165, 1.54) is 12.5 Å². The molecule has 0 N–H and O–H groups in total. The van der Waals surface area contributed by atoms with Gasteiger partial charge in [-0.2, -0.15) is 0 Å². The molecule has 2 atom stereocenters. The number of piperidine rings is 1. The fraction of sp³-hybridized carbons (Fsp3) is 0.474. The number of benzene rings is 1. The molecule has 4 rings (SSSR count). The van der Waals surface area contributed by atoms with Crippen LogP contribution >= 0.6 is 11.6 Å². The molecule has 0 spiro atoms. The Labute approximate surface area is 162 Å². The molecule has 142 valence electrons. The lowest BCUT2D eigenvalue weighted by atomic mass is 9.92. The van der Waals surface area contributed by atoms with Crippen LogP contribution in [0.2, 0.25) is 5.02 Å². The van der Waals surface area contributed by atoms with Crippen molar-refractivity contribution in [3.8, 4) is 0 Å². The van der Waals surface area contributed by atoms with Crippen molar-refractivity contribution in [2.45, 2.75) is 33.7 Å². The van der Waals surface area contributed by atoms with Gasteiger partial charge in [-0.3, -0.25) is 0 Å². The van der Waals surface area contributed by atoms with E-state index >= 15 is 0 Å². The van der Waals surface area contributed by atoms with Gasteiger partial charge in [-0.1, -0.05) is 36.7 Å². The van der Waals surface area contributed by atoms with Crippen LogP contribution in [0.1, 0.15) is 31.7 Å². The van der Waals surface area contributed by atoms with E-state index in [1.807, 2.05) is 6.92 Å². The molecular weight excluding hydrogens is 367 g/mol. The number of fused-ring (bicyclic) bond motifs is 1. The molecule has 6 nitrogen and oxygen atoms in total. The van der Waals surface area contributed by atoms with Crippen molar-refractivity contribution in [1.29, 1.82) is 0 Å². The lowest BCUT2D eigenvalue weighted by Gasteiger charge is -2.35. The largest absolute Gasteiger partial charge is 0.354 e. The molecule has 1 aromatic carbocycles. The first-order chi connectivity index (χ1) is 12.9. The van der Waals surface area contributed by atoms with Gasteiger partial charge in [0.25, 0.3) is 0 Å². The molecule has 3 aromatic rings. The second-order valence-electron chi connectivity index (χ2n) is 7.56. The first-order valence-corrected chi connectivity index (χ1v) is 9.56. The standard InChI is InChI=1S/C19H22ClFN6/c1-11-7-12(2)9-26(8-11)18-17-19(23-13(3)22-18)27(25-24-17)10-14-15(20)5-4-6-16(14)21/h4-6,11-12H,7-10H2,1-3H3/t11-,12-/m1/s1. The van der Waals surface area contributed by atoms with Gasteiger partial charge in [0.05, 0.1) is 6.54 Å². The van der Waals surface area contributed by atoms with Crippen molar-refractivity contribution in [3.05, 3.63) is 40.4 Å². The summed E-state index contributed by atoms with van der Waals surface area (Å²) in [5.41, 5.74) is 1.63. The SMILES string of the molecule is Cc1nc(N2C[C@H](C)C[C@@H](C)C2)c2nnn(Cc3c(F)cccc3Cl)c2n1. The zero-order chi connectivity index (χ0) is 19.1. The summed E-state index contributed by atoms with van der Waals surface area (Å²) >= 11 is 6.17. The second kappa shape index (κ2) is 7.03. The molecule has 2 aromatic heterocycles. The summed E-state index contributed by atoms with van der Waals surface area (Å²) in [7, 11) is 0. The Morgan fingerprint density at radius 2 is 1.93 bits per heavy atom. The van der Waals surface area contributed by atoms with Gasteiger partial charge < -0.3 is 4.90 Å². The Balaban J connectivity index is 1.76. The summed E-state index contributed by atoms with van der Waals surface area (Å²) < 4.78 is 15.8. The van der Waals surface area contributed by atoms with E-state index in [0.717, 1.165) is 18.9 Å². The Kier molecular flexibility index (Phi) is 4.72. The molecule has 0 bridgehead atoms. The third-order valence-electron chi connectivity index (χ3n) is 4.99. The molecule has 0 radical (unpaired) electrons. The monoisotopic (exact) mass is 388 g/mol. The van der Waals surface area contributed by atoms with Gasteiger partial charge in [0, 0.05) is 23.7 Å². The number of nitrogens with zero attached hydrogens (tertiary/aromatic N) is 6. The van der Waals surface area contributed by atoms with E-state index in [4.69, 9.17) is 11.6 Å². The summed E-state index contributed by atoms with van der Waals surface area (Å²) in [6, 6.07) is 4.65. The maximum Gasteiger partial charge on any atom is 0.184 e. The highest BCUT2D eigenvalue weighted by molar-refractivity contribution is 6.31. The van der Waals surface area contributed by atoms with E-state index in [2.05, 4.69) is 39.0 Å². The van der Waals surface area contributed by atoms with Gasteiger partial charge in [-0.25, -0.2) is 19.0 Å². The number of anilines is 1. The molecule has 1 fully saturated rings. The van der Waals surface area contributed by atoms with Crippen molar-refractivity contribution in [2.24, 2.45) is 11.8 Å². The van der Waals surface area contributed by atoms with Crippen LogP contribution in [0.5, 0.6) is 0 Å². The van der Waals surface area contributed by atoms with Crippen LogP contribution in [0.15, 0.2) is 18.2 Å². The van der Waals surface area contributed by atoms with Gasteiger partial charge in [0.1, 0.15) is 11.6 Å².